The molecule has 0 unspecified atom stereocenters. The molecule has 0 aliphatic rings. The van der Waals surface area contributed by atoms with Crippen molar-refractivity contribution < 1.29 is 4.79 Å². The van der Waals surface area contributed by atoms with Gasteiger partial charge < -0.3 is 10.2 Å². The number of carbonyl (C=O) groups excluding carboxylic acids is 1. The monoisotopic (exact) mass is 210 g/mol. The van der Waals surface area contributed by atoms with E-state index in [4.69, 9.17) is 0 Å². The molecule has 1 N–H and O–H groups in total. The van der Waals surface area contributed by atoms with Gasteiger partial charge in [0.25, 0.3) is 0 Å². The first-order valence-electron chi connectivity index (χ1n) is 5.30. The molecule has 0 bridgehead atoms. The van der Waals surface area contributed by atoms with Crippen LogP contribution in [0.4, 0.5) is 0 Å². The summed E-state index contributed by atoms with van der Waals surface area (Å²) in [5, 5.41) is 2.87. The van der Waals surface area contributed by atoms with Gasteiger partial charge in [0, 0.05) is 38.3 Å². The van der Waals surface area contributed by atoms with Crippen LogP contribution < -0.4 is 5.32 Å². The highest BCUT2D eigenvalue weighted by Gasteiger charge is 2.10. The fourth-order valence-electron chi connectivity index (χ4n) is 1.31. The molecular formula is C12H22N2O. The van der Waals surface area contributed by atoms with Gasteiger partial charge in [-0.25, -0.2) is 0 Å². The number of nitrogens with zero attached hydrogens (tertiary/aromatic N) is 1. The van der Waals surface area contributed by atoms with Gasteiger partial charge in [-0.3, -0.25) is 4.79 Å². The van der Waals surface area contributed by atoms with Gasteiger partial charge >= 0.3 is 0 Å². The molecule has 0 spiro atoms. The molecule has 0 aliphatic carbocycles. The summed E-state index contributed by atoms with van der Waals surface area (Å²) < 4.78 is 0. The van der Waals surface area contributed by atoms with Crippen LogP contribution in [0.1, 0.15) is 26.7 Å². The highest BCUT2D eigenvalue weighted by atomic mass is 16.1. The van der Waals surface area contributed by atoms with E-state index >= 15 is 0 Å². The second kappa shape index (κ2) is 7.10. The molecule has 0 aromatic carbocycles. The summed E-state index contributed by atoms with van der Waals surface area (Å²) >= 11 is 0. The Labute approximate surface area is 92.8 Å². The molecule has 3 heteroatoms. The number of amides is 1. The van der Waals surface area contributed by atoms with E-state index in [0.717, 1.165) is 30.7 Å². The molecule has 0 saturated heterocycles. The zero-order valence-corrected chi connectivity index (χ0v) is 10.3. The molecule has 0 aromatic rings. The number of hydrogen-bond donors (Lipinski definition) is 1. The Morgan fingerprint density at radius 2 is 2.07 bits per heavy atom. The summed E-state index contributed by atoms with van der Waals surface area (Å²) in [7, 11) is 3.88. The van der Waals surface area contributed by atoms with Gasteiger partial charge in [-0.1, -0.05) is 13.0 Å². The third-order valence-corrected chi connectivity index (χ3v) is 2.19. The van der Waals surface area contributed by atoms with Crippen LogP contribution in [0.15, 0.2) is 23.9 Å². The van der Waals surface area contributed by atoms with Crippen molar-refractivity contribution in [2.24, 2.45) is 0 Å². The molecule has 0 heterocycles. The summed E-state index contributed by atoms with van der Waals surface area (Å²) in [5.41, 5.74) is 1.78. The van der Waals surface area contributed by atoms with E-state index in [1.807, 2.05) is 38.9 Å². The fraction of sp³-hybridized carbons (Fsp3) is 0.583. The fourth-order valence-corrected chi connectivity index (χ4v) is 1.31. The highest BCUT2D eigenvalue weighted by Crippen LogP contribution is 2.11. The minimum atomic E-state index is 0.0161. The summed E-state index contributed by atoms with van der Waals surface area (Å²) in [4.78, 5) is 13.7. The molecule has 0 saturated carbocycles. The van der Waals surface area contributed by atoms with Gasteiger partial charge in [-0.05, 0) is 13.3 Å². The molecule has 0 rings (SSSR count). The SMILES string of the molecule is C=CC/C(=C(\C)C(=O)NCCC)N(C)C. The quantitative estimate of drug-likeness (QED) is 0.536. The molecule has 1 amide bonds. The third kappa shape index (κ3) is 4.68. The molecular weight excluding hydrogens is 188 g/mol. The standard InChI is InChI=1S/C12H22N2O/c1-6-8-11(14(4)5)10(3)12(15)13-9-7-2/h6H,1,7-9H2,2-5H3,(H,13,15)/b11-10-. The lowest BCUT2D eigenvalue weighted by atomic mass is 10.1. The Bertz CT molecular complexity index is 254. The first-order valence-corrected chi connectivity index (χ1v) is 5.30. The van der Waals surface area contributed by atoms with Crippen LogP contribution in [0.25, 0.3) is 0 Å². The van der Waals surface area contributed by atoms with Gasteiger partial charge in [-0.15, -0.1) is 6.58 Å². The maximum Gasteiger partial charge on any atom is 0.248 e. The van der Waals surface area contributed by atoms with E-state index in [0.29, 0.717) is 0 Å². The summed E-state index contributed by atoms with van der Waals surface area (Å²) in [6, 6.07) is 0. The van der Waals surface area contributed by atoms with E-state index in [1.54, 1.807) is 0 Å². The van der Waals surface area contributed by atoms with Crippen LogP contribution in [-0.4, -0.2) is 31.4 Å². The van der Waals surface area contributed by atoms with E-state index in [-0.39, 0.29) is 5.91 Å². The van der Waals surface area contributed by atoms with Gasteiger partial charge in [-0.2, -0.15) is 0 Å². The van der Waals surface area contributed by atoms with Crippen LogP contribution in [0.5, 0.6) is 0 Å². The van der Waals surface area contributed by atoms with E-state index < -0.39 is 0 Å². The van der Waals surface area contributed by atoms with Crippen LogP contribution >= 0.6 is 0 Å². The molecule has 86 valence electrons. The number of hydrogen-bond acceptors (Lipinski definition) is 2. The molecule has 0 aliphatic heterocycles. The minimum absolute atomic E-state index is 0.0161. The van der Waals surface area contributed by atoms with Gasteiger partial charge in [0.15, 0.2) is 0 Å². The van der Waals surface area contributed by atoms with Crippen molar-refractivity contribution in [3.8, 4) is 0 Å². The number of allylic oxidation sites excluding steroid dienone is 1. The second-order valence-corrected chi connectivity index (χ2v) is 3.71. The number of carbonyl (C=O) groups is 1. The minimum Gasteiger partial charge on any atom is -0.380 e. The van der Waals surface area contributed by atoms with Crippen molar-refractivity contribution in [3.63, 3.8) is 0 Å². The molecule has 3 nitrogen and oxygen atoms in total. The van der Waals surface area contributed by atoms with Crippen molar-refractivity contribution >= 4 is 5.91 Å². The van der Waals surface area contributed by atoms with Crippen LogP contribution in [0.2, 0.25) is 0 Å². The Morgan fingerprint density at radius 1 is 1.47 bits per heavy atom. The predicted octanol–water partition coefficient (Wildman–Crippen LogP) is 1.92. The summed E-state index contributed by atoms with van der Waals surface area (Å²) in [6.45, 7) is 8.31. The zero-order valence-electron chi connectivity index (χ0n) is 10.3. The van der Waals surface area contributed by atoms with Crippen molar-refractivity contribution in [3.05, 3.63) is 23.9 Å². The Kier molecular flexibility index (Phi) is 6.50. The van der Waals surface area contributed by atoms with E-state index in [2.05, 4.69) is 11.9 Å². The number of nitrogens with one attached hydrogen (secondary N) is 1. The molecule has 0 fully saturated rings. The molecule has 0 aromatic heterocycles. The van der Waals surface area contributed by atoms with Gasteiger partial charge in [0.2, 0.25) is 5.91 Å². The van der Waals surface area contributed by atoms with E-state index in [9.17, 15) is 4.79 Å². The Morgan fingerprint density at radius 3 is 2.47 bits per heavy atom. The van der Waals surface area contributed by atoms with Crippen LogP contribution in [0.3, 0.4) is 0 Å². The third-order valence-electron chi connectivity index (χ3n) is 2.19. The van der Waals surface area contributed by atoms with Crippen molar-refractivity contribution in [2.75, 3.05) is 20.6 Å². The first kappa shape index (κ1) is 13.8. The normalized spacial score (nSPS) is 11.7. The first-order chi connectivity index (χ1) is 7.04. The van der Waals surface area contributed by atoms with E-state index in [1.165, 1.54) is 0 Å². The summed E-state index contributed by atoms with van der Waals surface area (Å²) in [5.74, 6) is 0.0161. The van der Waals surface area contributed by atoms with Crippen molar-refractivity contribution in [2.45, 2.75) is 26.7 Å². The molecule has 0 radical (unpaired) electrons. The lowest BCUT2D eigenvalue weighted by Gasteiger charge is -2.19. The van der Waals surface area contributed by atoms with Crippen molar-refractivity contribution in [1.82, 2.24) is 10.2 Å². The zero-order chi connectivity index (χ0) is 11.8. The lowest BCUT2D eigenvalue weighted by molar-refractivity contribution is -0.117. The Balaban J connectivity index is 4.67. The average Bonchev–Trinajstić information content (AvgIpc) is 2.21. The maximum absolute atomic E-state index is 11.7. The van der Waals surface area contributed by atoms with Crippen LogP contribution in [0, 0.1) is 0 Å². The predicted molar refractivity (Wildman–Crippen MR) is 64.5 cm³/mol. The van der Waals surface area contributed by atoms with Crippen molar-refractivity contribution in [1.29, 1.82) is 0 Å². The second-order valence-electron chi connectivity index (χ2n) is 3.71. The van der Waals surface area contributed by atoms with Gasteiger partial charge in [0.05, 0.1) is 0 Å². The largest absolute Gasteiger partial charge is 0.380 e. The average molecular weight is 210 g/mol. The van der Waals surface area contributed by atoms with Gasteiger partial charge in [0.1, 0.15) is 0 Å². The molecule has 15 heavy (non-hydrogen) atoms. The lowest BCUT2D eigenvalue weighted by Crippen LogP contribution is -2.27. The maximum atomic E-state index is 11.7. The Hall–Kier alpha value is -1.25. The van der Waals surface area contributed by atoms with Crippen LogP contribution in [-0.2, 0) is 4.79 Å². The topological polar surface area (TPSA) is 32.3 Å². The number of rotatable bonds is 6. The highest BCUT2D eigenvalue weighted by molar-refractivity contribution is 5.93. The smallest absolute Gasteiger partial charge is 0.248 e. The molecule has 0 atom stereocenters. The summed E-state index contributed by atoms with van der Waals surface area (Å²) in [6.07, 6.45) is 3.49.